The lowest BCUT2D eigenvalue weighted by molar-refractivity contribution is -0.125. The van der Waals surface area contributed by atoms with Crippen LogP contribution in [0.5, 0.6) is 0 Å². The normalized spacial score (nSPS) is 18.3. The molecule has 1 rings (SSSR count). The lowest BCUT2D eigenvalue weighted by atomic mass is 9.84. The maximum absolute atomic E-state index is 11.3. The highest BCUT2D eigenvalue weighted by atomic mass is 32.2. The standard InChI is InChI=1S/C10H20N2O2S/c1-15-10(3-2-4-10)8-12-9(13)7-14-6-5-11/h2-8,11H2,1H3,(H,12,13). The zero-order valence-corrected chi connectivity index (χ0v) is 10.1. The fourth-order valence-corrected chi connectivity index (χ4v) is 2.50. The summed E-state index contributed by atoms with van der Waals surface area (Å²) in [6.45, 7) is 1.80. The topological polar surface area (TPSA) is 64.3 Å². The molecule has 1 aliphatic carbocycles. The Morgan fingerprint density at radius 1 is 1.60 bits per heavy atom. The predicted molar refractivity (Wildman–Crippen MR) is 63.0 cm³/mol. The van der Waals surface area contributed by atoms with Crippen LogP contribution in [0.2, 0.25) is 0 Å². The van der Waals surface area contributed by atoms with Crippen molar-refractivity contribution < 1.29 is 9.53 Å². The van der Waals surface area contributed by atoms with E-state index in [-0.39, 0.29) is 12.5 Å². The first kappa shape index (κ1) is 12.8. The molecule has 88 valence electrons. The van der Waals surface area contributed by atoms with Gasteiger partial charge < -0.3 is 15.8 Å². The number of carbonyl (C=O) groups excluding carboxylic acids is 1. The third kappa shape index (κ3) is 4.01. The maximum Gasteiger partial charge on any atom is 0.246 e. The lowest BCUT2D eigenvalue weighted by Gasteiger charge is -2.40. The average Bonchev–Trinajstić information content (AvgIpc) is 2.17. The van der Waals surface area contributed by atoms with Crippen molar-refractivity contribution in [1.82, 2.24) is 5.32 Å². The molecule has 0 saturated heterocycles. The van der Waals surface area contributed by atoms with Crippen LogP contribution in [-0.4, -0.2) is 43.2 Å². The van der Waals surface area contributed by atoms with Crippen LogP contribution in [0.1, 0.15) is 19.3 Å². The van der Waals surface area contributed by atoms with Crippen molar-refractivity contribution in [1.29, 1.82) is 0 Å². The minimum Gasteiger partial charge on any atom is -0.370 e. The molecular weight excluding hydrogens is 212 g/mol. The van der Waals surface area contributed by atoms with Gasteiger partial charge in [-0.3, -0.25) is 4.79 Å². The van der Waals surface area contributed by atoms with Crippen LogP contribution in [0.3, 0.4) is 0 Å². The first-order valence-electron chi connectivity index (χ1n) is 5.32. The van der Waals surface area contributed by atoms with Gasteiger partial charge in [-0.2, -0.15) is 11.8 Å². The largest absolute Gasteiger partial charge is 0.370 e. The molecule has 0 bridgehead atoms. The summed E-state index contributed by atoms with van der Waals surface area (Å²) in [7, 11) is 0. The van der Waals surface area contributed by atoms with E-state index in [0.717, 1.165) is 6.54 Å². The number of hydrogen-bond acceptors (Lipinski definition) is 4. The third-order valence-electron chi connectivity index (χ3n) is 2.80. The summed E-state index contributed by atoms with van der Waals surface area (Å²) in [5, 5.41) is 2.91. The Morgan fingerprint density at radius 2 is 2.33 bits per heavy atom. The number of rotatable bonds is 7. The molecule has 5 heteroatoms. The van der Waals surface area contributed by atoms with E-state index in [4.69, 9.17) is 10.5 Å². The molecule has 0 heterocycles. The second-order valence-electron chi connectivity index (χ2n) is 3.86. The quantitative estimate of drug-likeness (QED) is 0.622. The van der Waals surface area contributed by atoms with E-state index in [0.29, 0.717) is 17.9 Å². The van der Waals surface area contributed by atoms with Gasteiger partial charge in [0.05, 0.1) is 6.61 Å². The summed E-state index contributed by atoms with van der Waals surface area (Å²) in [6.07, 6.45) is 5.80. The van der Waals surface area contributed by atoms with Crippen LogP contribution in [0.25, 0.3) is 0 Å². The number of thioether (sulfide) groups is 1. The first-order valence-corrected chi connectivity index (χ1v) is 6.54. The molecule has 15 heavy (non-hydrogen) atoms. The van der Waals surface area contributed by atoms with Crippen molar-refractivity contribution in [3.63, 3.8) is 0 Å². The number of hydrogen-bond donors (Lipinski definition) is 2. The fourth-order valence-electron chi connectivity index (χ4n) is 1.58. The highest BCUT2D eigenvalue weighted by molar-refractivity contribution is 8.00. The molecule has 0 aromatic rings. The SMILES string of the molecule is CSC1(CNC(=O)COCCN)CCC1. The van der Waals surface area contributed by atoms with Gasteiger partial charge in [0.1, 0.15) is 6.61 Å². The van der Waals surface area contributed by atoms with Crippen LogP contribution in [-0.2, 0) is 9.53 Å². The molecule has 1 saturated carbocycles. The Morgan fingerprint density at radius 3 is 2.80 bits per heavy atom. The van der Waals surface area contributed by atoms with Gasteiger partial charge in [-0.15, -0.1) is 0 Å². The van der Waals surface area contributed by atoms with Gasteiger partial charge >= 0.3 is 0 Å². The smallest absolute Gasteiger partial charge is 0.246 e. The Bertz CT molecular complexity index is 202. The second kappa shape index (κ2) is 6.35. The van der Waals surface area contributed by atoms with Crippen molar-refractivity contribution in [2.75, 3.05) is 32.6 Å². The number of ether oxygens (including phenoxy) is 1. The molecular formula is C10H20N2O2S. The second-order valence-corrected chi connectivity index (χ2v) is 5.13. The summed E-state index contributed by atoms with van der Waals surface area (Å²) in [4.78, 5) is 11.3. The van der Waals surface area contributed by atoms with Gasteiger partial charge in [-0.1, -0.05) is 6.42 Å². The Labute approximate surface area is 95.3 Å². The average molecular weight is 232 g/mol. The van der Waals surface area contributed by atoms with E-state index in [1.54, 1.807) is 0 Å². The number of nitrogens with one attached hydrogen (secondary N) is 1. The van der Waals surface area contributed by atoms with Gasteiger partial charge in [0, 0.05) is 17.8 Å². The van der Waals surface area contributed by atoms with Crippen molar-refractivity contribution in [2.24, 2.45) is 5.73 Å². The molecule has 4 nitrogen and oxygen atoms in total. The number of nitrogens with two attached hydrogens (primary N) is 1. The number of amides is 1. The molecule has 1 aliphatic rings. The third-order valence-corrected chi connectivity index (χ3v) is 4.22. The highest BCUT2D eigenvalue weighted by Crippen LogP contribution is 2.42. The predicted octanol–water partition coefficient (Wildman–Crippen LogP) is 0.364. The van der Waals surface area contributed by atoms with Crippen molar-refractivity contribution in [3.05, 3.63) is 0 Å². The molecule has 3 N–H and O–H groups in total. The van der Waals surface area contributed by atoms with Gasteiger partial charge in [0.15, 0.2) is 0 Å². The summed E-state index contributed by atoms with van der Waals surface area (Å²) < 4.78 is 5.35. The van der Waals surface area contributed by atoms with Crippen molar-refractivity contribution >= 4 is 17.7 Å². The lowest BCUT2D eigenvalue weighted by Crippen LogP contribution is -2.46. The van der Waals surface area contributed by atoms with Crippen LogP contribution in [0.15, 0.2) is 0 Å². The van der Waals surface area contributed by atoms with E-state index in [2.05, 4.69) is 11.6 Å². The van der Waals surface area contributed by atoms with Crippen molar-refractivity contribution in [2.45, 2.75) is 24.0 Å². The van der Waals surface area contributed by atoms with Crippen LogP contribution < -0.4 is 11.1 Å². The maximum atomic E-state index is 11.3. The number of carbonyl (C=O) groups is 1. The van der Waals surface area contributed by atoms with E-state index in [9.17, 15) is 4.79 Å². The molecule has 0 aromatic carbocycles. The molecule has 0 radical (unpaired) electrons. The van der Waals surface area contributed by atoms with Gasteiger partial charge in [0.25, 0.3) is 0 Å². The molecule has 1 fully saturated rings. The summed E-state index contributed by atoms with van der Waals surface area (Å²) in [6, 6.07) is 0. The van der Waals surface area contributed by atoms with Gasteiger partial charge in [-0.05, 0) is 19.1 Å². The summed E-state index contributed by atoms with van der Waals surface area (Å²) in [5.74, 6) is -0.0382. The monoisotopic (exact) mass is 232 g/mol. The van der Waals surface area contributed by atoms with E-state index in [1.165, 1.54) is 19.3 Å². The molecule has 0 unspecified atom stereocenters. The molecule has 0 aliphatic heterocycles. The molecule has 1 amide bonds. The zero-order valence-electron chi connectivity index (χ0n) is 9.25. The van der Waals surface area contributed by atoms with E-state index >= 15 is 0 Å². The van der Waals surface area contributed by atoms with E-state index < -0.39 is 0 Å². The highest BCUT2D eigenvalue weighted by Gasteiger charge is 2.36. The zero-order chi connectivity index (χ0) is 11.1. The Balaban J connectivity index is 2.10. The van der Waals surface area contributed by atoms with Crippen molar-refractivity contribution in [3.8, 4) is 0 Å². The minimum absolute atomic E-state index is 0.0382. The van der Waals surface area contributed by atoms with E-state index in [1.807, 2.05) is 11.8 Å². The molecule has 0 spiro atoms. The first-order chi connectivity index (χ1) is 7.22. The molecule has 0 atom stereocenters. The molecule has 0 aromatic heterocycles. The fraction of sp³-hybridized carbons (Fsp3) is 0.900. The Hall–Kier alpha value is -0.260. The van der Waals surface area contributed by atoms with Crippen LogP contribution in [0, 0.1) is 0 Å². The summed E-state index contributed by atoms with van der Waals surface area (Å²) in [5.41, 5.74) is 5.25. The summed E-state index contributed by atoms with van der Waals surface area (Å²) >= 11 is 1.85. The van der Waals surface area contributed by atoms with Gasteiger partial charge in [-0.25, -0.2) is 0 Å². The van der Waals surface area contributed by atoms with Crippen LogP contribution in [0.4, 0.5) is 0 Å². The minimum atomic E-state index is -0.0382. The van der Waals surface area contributed by atoms with Crippen LogP contribution >= 0.6 is 11.8 Å². The Kier molecular flexibility index (Phi) is 5.42. The van der Waals surface area contributed by atoms with Gasteiger partial charge in [0.2, 0.25) is 5.91 Å².